The van der Waals surface area contributed by atoms with Crippen molar-refractivity contribution in [2.45, 2.75) is 58.2 Å². The Morgan fingerprint density at radius 3 is 2.57 bits per heavy atom. The lowest BCUT2D eigenvalue weighted by Gasteiger charge is -2.39. The predicted molar refractivity (Wildman–Crippen MR) is 88.1 cm³/mol. The number of hydrogen-bond acceptors (Lipinski definition) is 3. The molecule has 4 nitrogen and oxygen atoms in total. The molecule has 0 aliphatic carbocycles. The summed E-state index contributed by atoms with van der Waals surface area (Å²) in [5.41, 5.74) is 0. The van der Waals surface area contributed by atoms with Crippen LogP contribution in [0.5, 0.6) is 0 Å². The second kappa shape index (κ2) is 7.40. The van der Waals surface area contributed by atoms with Gasteiger partial charge in [-0.25, -0.2) is 0 Å². The van der Waals surface area contributed by atoms with Crippen molar-refractivity contribution in [3.05, 3.63) is 20.8 Å². The van der Waals surface area contributed by atoms with Crippen LogP contribution < -0.4 is 5.32 Å². The molecule has 2 heterocycles. The van der Waals surface area contributed by atoms with Gasteiger partial charge in [0.2, 0.25) is 11.8 Å². The molecule has 2 unspecified atom stereocenters. The number of hydrogen-bond donors (Lipinski definition) is 1. The van der Waals surface area contributed by atoms with Gasteiger partial charge in [0.15, 0.2) is 0 Å². The quantitative estimate of drug-likeness (QED) is 0.832. The molecule has 1 aliphatic heterocycles. The zero-order valence-corrected chi connectivity index (χ0v) is 14.8. The highest BCUT2D eigenvalue weighted by atomic mass is 79.9. The molecule has 0 radical (unpaired) electrons. The largest absolute Gasteiger partial charge is 0.343 e. The van der Waals surface area contributed by atoms with Crippen molar-refractivity contribution in [3.63, 3.8) is 0 Å². The maximum Gasteiger partial charge on any atom is 0.246 e. The molecule has 0 aromatic carbocycles. The Balaban J connectivity index is 2.23. The van der Waals surface area contributed by atoms with Crippen LogP contribution >= 0.6 is 27.3 Å². The predicted octanol–water partition coefficient (Wildman–Crippen LogP) is 3.31. The highest BCUT2D eigenvalue weighted by molar-refractivity contribution is 9.10. The maximum absolute atomic E-state index is 12.7. The van der Waals surface area contributed by atoms with Crippen molar-refractivity contribution in [2.24, 2.45) is 0 Å². The summed E-state index contributed by atoms with van der Waals surface area (Å²) >= 11 is 5.11. The summed E-state index contributed by atoms with van der Waals surface area (Å²) < 4.78 is 1.01. The van der Waals surface area contributed by atoms with Gasteiger partial charge in [-0.1, -0.05) is 26.7 Å². The van der Waals surface area contributed by atoms with Crippen LogP contribution in [0.3, 0.4) is 0 Å². The summed E-state index contributed by atoms with van der Waals surface area (Å²) in [6.07, 6.45) is 3.17. The zero-order valence-electron chi connectivity index (χ0n) is 12.4. The Labute approximate surface area is 138 Å². The van der Waals surface area contributed by atoms with E-state index in [0.29, 0.717) is 19.4 Å². The van der Waals surface area contributed by atoms with Crippen LogP contribution in [0.4, 0.5) is 0 Å². The molecular weight excluding hydrogens is 352 g/mol. The molecule has 1 aromatic heterocycles. The Hall–Kier alpha value is -0.880. The topological polar surface area (TPSA) is 49.4 Å². The molecule has 1 fully saturated rings. The van der Waals surface area contributed by atoms with Crippen LogP contribution in [0.1, 0.15) is 44.4 Å². The number of piperazine rings is 1. The second-order valence-corrected chi connectivity index (χ2v) is 7.17. The Morgan fingerprint density at radius 1 is 1.29 bits per heavy atom. The second-order valence-electron chi connectivity index (χ2n) is 5.31. The Kier molecular flexibility index (Phi) is 5.81. The zero-order chi connectivity index (χ0) is 15.4. The van der Waals surface area contributed by atoms with Crippen molar-refractivity contribution in [3.8, 4) is 0 Å². The Morgan fingerprint density at radius 2 is 2.00 bits per heavy atom. The van der Waals surface area contributed by atoms with Crippen LogP contribution in [0.25, 0.3) is 0 Å². The van der Waals surface area contributed by atoms with E-state index in [1.807, 2.05) is 25.3 Å². The molecule has 0 saturated carbocycles. The van der Waals surface area contributed by atoms with E-state index in [1.54, 1.807) is 16.2 Å². The standard InChI is InChI=1S/C15H21BrN2O2S/c1-3-5-11-15(20)18(9-13-10(16)7-8-21-13)12(6-4-2)14(19)17-11/h7-8,11-12H,3-6,9H2,1-2H3,(H,17,19). The van der Waals surface area contributed by atoms with Gasteiger partial charge in [0.05, 0.1) is 6.54 Å². The van der Waals surface area contributed by atoms with E-state index in [2.05, 4.69) is 21.2 Å². The lowest BCUT2D eigenvalue weighted by atomic mass is 10.0. The minimum absolute atomic E-state index is 0.0115. The minimum atomic E-state index is -0.366. The molecular formula is C15H21BrN2O2S. The van der Waals surface area contributed by atoms with E-state index in [-0.39, 0.29) is 23.9 Å². The summed E-state index contributed by atoms with van der Waals surface area (Å²) in [5, 5.41) is 4.88. The van der Waals surface area contributed by atoms with E-state index >= 15 is 0 Å². The molecule has 2 amide bonds. The fraction of sp³-hybridized carbons (Fsp3) is 0.600. The van der Waals surface area contributed by atoms with E-state index < -0.39 is 0 Å². The molecule has 1 aliphatic rings. The number of thiophene rings is 1. The molecule has 1 saturated heterocycles. The molecule has 1 aromatic rings. The molecule has 2 rings (SSSR count). The van der Waals surface area contributed by atoms with Gasteiger partial charge in [-0.05, 0) is 40.2 Å². The van der Waals surface area contributed by atoms with E-state index in [4.69, 9.17) is 0 Å². The van der Waals surface area contributed by atoms with Crippen LogP contribution in [-0.4, -0.2) is 28.8 Å². The van der Waals surface area contributed by atoms with Crippen molar-refractivity contribution in [1.82, 2.24) is 10.2 Å². The number of carbonyl (C=O) groups is 2. The van der Waals surface area contributed by atoms with Gasteiger partial charge in [0, 0.05) is 9.35 Å². The SMILES string of the molecule is CCCC1NC(=O)C(CCC)N(Cc2sccc2Br)C1=O. The number of rotatable bonds is 6. The van der Waals surface area contributed by atoms with Crippen molar-refractivity contribution in [1.29, 1.82) is 0 Å². The smallest absolute Gasteiger partial charge is 0.246 e. The fourth-order valence-corrected chi connectivity index (χ4v) is 4.13. The third kappa shape index (κ3) is 3.66. The van der Waals surface area contributed by atoms with Crippen LogP contribution in [0.15, 0.2) is 15.9 Å². The lowest BCUT2D eigenvalue weighted by molar-refractivity contribution is -0.150. The molecule has 6 heteroatoms. The molecule has 0 bridgehead atoms. The van der Waals surface area contributed by atoms with Gasteiger partial charge in [0.25, 0.3) is 0 Å². The first kappa shape index (κ1) is 16.5. The lowest BCUT2D eigenvalue weighted by Crippen LogP contribution is -2.62. The number of amides is 2. The summed E-state index contributed by atoms with van der Waals surface area (Å²) in [6.45, 7) is 4.57. The van der Waals surface area contributed by atoms with Crippen molar-refractivity contribution >= 4 is 39.1 Å². The average molecular weight is 373 g/mol. The molecule has 2 atom stereocenters. The van der Waals surface area contributed by atoms with E-state index in [0.717, 1.165) is 22.2 Å². The highest BCUT2D eigenvalue weighted by Crippen LogP contribution is 2.27. The van der Waals surface area contributed by atoms with E-state index in [9.17, 15) is 9.59 Å². The highest BCUT2D eigenvalue weighted by Gasteiger charge is 2.39. The van der Waals surface area contributed by atoms with Crippen molar-refractivity contribution < 1.29 is 9.59 Å². The number of carbonyl (C=O) groups excluding carboxylic acids is 2. The van der Waals surface area contributed by atoms with Gasteiger partial charge < -0.3 is 10.2 Å². The van der Waals surface area contributed by atoms with Crippen LogP contribution in [0, 0.1) is 0 Å². The maximum atomic E-state index is 12.7. The average Bonchev–Trinajstić information content (AvgIpc) is 2.85. The monoisotopic (exact) mass is 372 g/mol. The van der Waals surface area contributed by atoms with Gasteiger partial charge in [0.1, 0.15) is 12.1 Å². The summed E-state index contributed by atoms with van der Waals surface area (Å²) in [4.78, 5) is 27.9. The first-order valence-corrected chi connectivity index (χ1v) is 9.08. The number of halogens is 1. The van der Waals surface area contributed by atoms with Crippen molar-refractivity contribution in [2.75, 3.05) is 0 Å². The van der Waals surface area contributed by atoms with Gasteiger partial charge >= 0.3 is 0 Å². The Bertz CT molecular complexity index is 518. The van der Waals surface area contributed by atoms with Crippen LogP contribution in [-0.2, 0) is 16.1 Å². The third-order valence-electron chi connectivity index (χ3n) is 3.72. The van der Waals surface area contributed by atoms with Gasteiger partial charge in [-0.3, -0.25) is 9.59 Å². The number of nitrogens with one attached hydrogen (secondary N) is 1. The normalized spacial score (nSPS) is 22.5. The number of nitrogens with zero attached hydrogens (tertiary/aromatic N) is 1. The van der Waals surface area contributed by atoms with Gasteiger partial charge in [-0.15, -0.1) is 11.3 Å². The molecule has 21 heavy (non-hydrogen) atoms. The van der Waals surface area contributed by atoms with Gasteiger partial charge in [-0.2, -0.15) is 0 Å². The molecule has 116 valence electrons. The first-order valence-electron chi connectivity index (χ1n) is 7.41. The minimum Gasteiger partial charge on any atom is -0.343 e. The summed E-state index contributed by atoms with van der Waals surface area (Å²) in [5.74, 6) is 0.0396. The fourth-order valence-electron chi connectivity index (χ4n) is 2.65. The summed E-state index contributed by atoms with van der Waals surface area (Å²) in [7, 11) is 0. The first-order chi connectivity index (χ1) is 10.1. The molecule has 1 N–H and O–H groups in total. The summed E-state index contributed by atoms with van der Waals surface area (Å²) in [6, 6.07) is 1.27. The third-order valence-corrected chi connectivity index (χ3v) is 5.63. The van der Waals surface area contributed by atoms with Crippen LogP contribution in [0.2, 0.25) is 0 Å². The molecule has 0 spiro atoms. The van der Waals surface area contributed by atoms with E-state index in [1.165, 1.54) is 0 Å².